The van der Waals surface area contributed by atoms with Crippen LogP contribution in [0, 0.1) is 22.7 Å². The van der Waals surface area contributed by atoms with Gasteiger partial charge in [0.05, 0.1) is 44.6 Å². The maximum Gasteiger partial charge on any atom is 0.102 e. The molecule has 0 amide bonds. The molecule has 62 heavy (non-hydrogen) atoms. The molecule has 0 radical (unpaired) electrons. The number of nitriles is 2. The van der Waals surface area contributed by atoms with Crippen LogP contribution < -0.4 is 0 Å². The van der Waals surface area contributed by atoms with Crippen LogP contribution in [0.15, 0.2) is 182 Å². The minimum absolute atomic E-state index is 0.445. The van der Waals surface area contributed by atoms with Crippen LogP contribution in [0.1, 0.15) is 11.1 Å². The van der Waals surface area contributed by atoms with Gasteiger partial charge in [0.25, 0.3) is 0 Å². The number of rotatable bonds is 4. The number of thiophene rings is 2. The summed E-state index contributed by atoms with van der Waals surface area (Å²) in [6.45, 7) is 0. The topological polar surface area (TPSA) is 57.4 Å². The Balaban J connectivity index is 1.31. The van der Waals surface area contributed by atoms with Gasteiger partial charge in [-0.3, -0.25) is 0 Å². The van der Waals surface area contributed by atoms with E-state index in [0.29, 0.717) is 16.7 Å². The van der Waals surface area contributed by atoms with Gasteiger partial charge in [-0.1, -0.05) is 133 Å². The van der Waals surface area contributed by atoms with Crippen LogP contribution in [0.4, 0.5) is 0 Å². The van der Waals surface area contributed by atoms with Crippen molar-refractivity contribution in [2.45, 2.75) is 0 Å². The highest BCUT2D eigenvalue weighted by molar-refractivity contribution is 7.26. The van der Waals surface area contributed by atoms with Gasteiger partial charge < -0.3 is 9.13 Å². The van der Waals surface area contributed by atoms with Crippen molar-refractivity contribution in [3.63, 3.8) is 0 Å². The maximum absolute atomic E-state index is 11.8. The quantitative estimate of drug-likeness (QED) is 0.178. The van der Waals surface area contributed by atoms with E-state index in [1.807, 2.05) is 71.2 Å². The van der Waals surface area contributed by atoms with E-state index in [-0.39, 0.29) is 0 Å². The Labute approximate surface area is 363 Å². The molecule has 4 heterocycles. The van der Waals surface area contributed by atoms with Crippen LogP contribution in [0.2, 0.25) is 0 Å². The third kappa shape index (κ3) is 4.68. The van der Waals surface area contributed by atoms with E-state index in [1.165, 1.54) is 40.3 Å². The fraction of sp³-hybridized carbons (Fsp3) is 0. The van der Waals surface area contributed by atoms with Gasteiger partial charge in [0, 0.05) is 73.0 Å². The molecule has 0 saturated carbocycles. The Morgan fingerprint density at radius 1 is 0.323 bits per heavy atom. The molecule has 0 saturated heterocycles. The zero-order valence-electron chi connectivity index (χ0n) is 32.9. The maximum atomic E-state index is 11.8. The largest absolute Gasteiger partial charge is 0.307 e. The highest BCUT2D eigenvalue weighted by Gasteiger charge is 2.32. The highest BCUT2D eigenvalue weighted by atomic mass is 32.1. The summed E-state index contributed by atoms with van der Waals surface area (Å²) in [4.78, 5) is 0. The van der Waals surface area contributed by atoms with E-state index in [4.69, 9.17) is 0 Å². The van der Waals surface area contributed by atoms with Crippen LogP contribution >= 0.6 is 22.7 Å². The number of aromatic nitrogens is 2. The van der Waals surface area contributed by atoms with Gasteiger partial charge >= 0.3 is 0 Å². The lowest BCUT2D eigenvalue weighted by Crippen LogP contribution is -2.11. The molecular weight excluding hydrogens is 793 g/mol. The van der Waals surface area contributed by atoms with Crippen LogP contribution in [-0.2, 0) is 0 Å². The van der Waals surface area contributed by atoms with E-state index >= 15 is 0 Å². The molecule has 0 spiro atoms. The Morgan fingerprint density at radius 2 is 0.710 bits per heavy atom. The third-order valence-electron chi connectivity index (χ3n) is 12.6. The lowest BCUT2D eigenvalue weighted by Gasteiger charge is -2.25. The smallest absolute Gasteiger partial charge is 0.102 e. The van der Waals surface area contributed by atoms with Gasteiger partial charge in [0.15, 0.2) is 0 Å². The molecule has 286 valence electrons. The molecule has 0 aliphatic heterocycles. The predicted octanol–water partition coefficient (Wildman–Crippen LogP) is 15.7. The number of hydrogen-bond acceptors (Lipinski definition) is 4. The summed E-state index contributed by atoms with van der Waals surface area (Å²) < 4.78 is 9.53. The van der Waals surface area contributed by atoms with Gasteiger partial charge in [0.1, 0.15) is 12.1 Å². The lowest BCUT2D eigenvalue weighted by molar-refractivity contribution is 1.12. The number of para-hydroxylation sites is 2. The number of fused-ring (bicyclic) bond motifs is 14. The van der Waals surface area contributed by atoms with Gasteiger partial charge in [-0.2, -0.15) is 10.5 Å². The first-order valence-electron chi connectivity index (χ1n) is 20.6. The summed E-state index contributed by atoms with van der Waals surface area (Å²) in [5, 5.41) is 32.9. The molecule has 6 heteroatoms. The first-order chi connectivity index (χ1) is 30.7. The van der Waals surface area contributed by atoms with Crippen LogP contribution in [-0.4, -0.2) is 9.13 Å². The Bertz CT molecular complexity index is 3890. The SMILES string of the molecule is N#Cc1c(-c2ccccc2)c(C#N)c(-n2c3ccccc3c3c4c(ccc32)sc2ccccc24)c(-c2ccccc2)c1-n1c2ccccc2c2c3c(ccc21)sc1ccccc13. The lowest BCUT2D eigenvalue weighted by atomic mass is 9.86. The first-order valence-corrected chi connectivity index (χ1v) is 22.2. The zero-order valence-corrected chi connectivity index (χ0v) is 34.6. The normalized spacial score (nSPS) is 11.8. The number of hydrogen-bond donors (Lipinski definition) is 0. The molecule has 0 fully saturated rings. The number of nitrogens with zero attached hydrogens (tertiary/aromatic N) is 4. The molecule has 9 aromatic carbocycles. The van der Waals surface area contributed by atoms with Crippen molar-refractivity contribution in [2.75, 3.05) is 0 Å². The summed E-state index contributed by atoms with van der Waals surface area (Å²) in [7, 11) is 0. The second-order valence-electron chi connectivity index (χ2n) is 15.7. The van der Waals surface area contributed by atoms with E-state index in [2.05, 4.69) is 155 Å². The van der Waals surface area contributed by atoms with Gasteiger partial charge in [0.2, 0.25) is 0 Å². The van der Waals surface area contributed by atoms with Crippen molar-refractivity contribution in [1.29, 1.82) is 10.5 Å². The second-order valence-corrected chi connectivity index (χ2v) is 17.9. The van der Waals surface area contributed by atoms with Crippen molar-refractivity contribution < 1.29 is 0 Å². The average molecular weight is 823 g/mol. The summed E-state index contributed by atoms with van der Waals surface area (Å²) in [6.07, 6.45) is 0. The van der Waals surface area contributed by atoms with Crippen LogP contribution in [0.5, 0.6) is 0 Å². The molecule has 0 aliphatic carbocycles. The monoisotopic (exact) mass is 822 g/mol. The second kappa shape index (κ2) is 13.3. The Kier molecular flexibility index (Phi) is 7.44. The molecule has 4 aromatic heterocycles. The molecule has 0 unspecified atom stereocenters. The zero-order chi connectivity index (χ0) is 41.1. The van der Waals surface area contributed by atoms with Crippen molar-refractivity contribution in [3.05, 3.63) is 193 Å². The molecule has 13 aromatic rings. The van der Waals surface area contributed by atoms with E-state index in [1.54, 1.807) is 0 Å². The summed E-state index contributed by atoms with van der Waals surface area (Å²) >= 11 is 3.61. The minimum Gasteiger partial charge on any atom is -0.307 e. The Morgan fingerprint density at radius 3 is 1.16 bits per heavy atom. The van der Waals surface area contributed by atoms with Gasteiger partial charge in [-0.25, -0.2) is 0 Å². The molecular formula is C56H30N4S2. The van der Waals surface area contributed by atoms with Crippen molar-refractivity contribution >= 4 is 107 Å². The highest BCUT2D eigenvalue weighted by Crippen LogP contribution is 2.51. The molecule has 0 bridgehead atoms. The van der Waals surface area contributed by atoms with Crippen LogP contribution in [0.25, 0.3) is 118 Å². The molecule has 0 atom stereocenters. The first kappa shape index (κ1) is 34.8. The van der Waals surface area contributed by atoms with Crippen molar-refractivity contribution in [2.24, 2.45) is 0 Å². The van der Waals surface area contributed by atoms with Crippen molar-refractivity contribution in [1.82, 2.24) is 9.13 Å². The van der Waals surface area contributed by atoms with E-state index in [0.717, 1.165) is 71.7 Å². The fourth-order valence-corrected chi connectivity index (χ4v) is 12.4. The summed E-state index contributed by atoms with van der Waals surface area (Å²) in [5.74, 6) is 0. The van der Waals surface area contributed by atoms with E-state index in [9.17, 15) is 10.5 Å². The predicted molar refractivity (Wildman–Crippen MR) is 261 cm³/mol. The van der Waals surface area contributed by atoms with Crippen molar-refractivity contribution in [3.8, 4) is 45.8 Å². The van der Waals surface area contributed by atoms with Crippen LogP contribution in [0.3, 0.4) is 0 Å². The fourth-order valence-electron chi connectivity index (χ4n) is 10.2. The third-order valence-corrected chi connectivity index (χ3v) is 14.9. The average Bonchev–Trinajstić information content (AvgIpc) is 4.08. The summed E-state index contributed by atoms with van der Waals surface area (Å²) in [6, 6.07) is 69.2. The number of benzene rings is 9. The standard InChI is InChI=1S/C56H30N4S2/c57-31-39-49(33-15-3-1-4-16-33)40(32-58)56(60-42-24-12-8-20-36(42)52-44(60)28-30-48-54(52)38-22-10-14-26-46(38)62-48)50(34-17-5-2-6-18-34)55(39)59-41-23-11-7-19-35(41)51-43(59)27-29-47-53(51)37-21-9-13-25-45(37)61-47/h1-30H. The molecule has 13 rings (SSSR count). The van der Waals surface area contributed by atoms with Gasteiger partial charge in [-0.15, -0.1) is 22.7 Å². The molecule has 0 aliphatic rings. The summed E-state index contributed by atoms with van der Waals surface area (Å²) in [5.41, 5.74) is 9.49. The van der Waals surface area contributed by atoms with Gasteiger partial charge in [-0.05, 0) is 59.7 Å². The van der Waals surface area contributed by atoms with E-state index < -0.39 is 0 Å². The molecule has 0 N–H and O–H groups in total. The minimum atomic E-state index is 0.445. The molecule has 4 nitrogen and oxygen atoms in total. The Hall–Kier alpha value is -8.00.